The number of aliphatic hydroxyl groups excluding tert-OH is 1. The molecule has 7 nitrogen and oxygen atoms in total. The van der Waals surface area contributed by atoms with Crippen LogP contribution in [0.15, 0.2) is 84.9 Å². The maximum atomic E-state index is 10.7. The van der Waals surface area contributed by atoms with E-state index in [9.17, 15) is 14.6 Å². The van der Waals surface area contributed by atoms with Gasteiger partial charge in [0.05, 0.1) is 6.04 Å². The summed E-state index contributed by atoms with van der Waals surface area (Å²) in [5.74, 6) is 0.516. The Morgan fingerprint density at radius 1 is 0.857 bits per heavy atom. The predicted octanol–water partition coefficient (Wildman–Crippen LogP) is 3.37. The van der Waals surface area contributed by atoms with Gasteiger partial charge in [-0.05, 0) is 21.8 Å². The molecule has 8 heteroatoms. The van der Waals surface area contributed by atoms with Crippen LogP contribution in [0.5, 0.6) is 5.75 Å². The molecule has 1 aliphatic rings. The SMILES string of the molecule is O=[P+]([O-])OCc1ccccc1OCC(O)CN1CCN(C(c2ccccc2)c2ccccc2)CC1. The van der Waals surface area contributed by atoms with Crippen LogP contribution in [0.25, 0.3) is 0 Å². The molecule has 0 bridgehead atoms. The Labute approximate surface area is 207 Å². The molecular formula is C27H31N2O5P. The molecule has 0 spiro atoms. The molecule has 1 fully saturated rings. The van der Waals surface area contributed by atoms with Crippen LogP contribution in [0.2, 0.25) is 0 Å². The van der Waals surface area contributed by atoms with Gasteiger partial charge in [0.15, 0.2) is 0 Å². The second-order valence-electron chi connectivity index (χ2n) is 8.63. The molecule has 0 amide bonds. The average Bonchev–Trinajstić information content (AvgIpc) is 2.89. The maximum absolute atomic E-state index is 10.7. The summed E-state index contributed by atoms with van der Waals surface area (Å²) in [7, 11) is -2.92. The minimum Gasteiger partial charge on any atom is -0.566 e. The van der Waals surface area contributed by atoms with Crippen molar-refractivity contribution in [3.63, 3.8) is 0 Å². The summed E-state index contributed by atoms with van der Waals surface area (Å²) < 4.78 is 21.2. The average molecular weight is 495 g/mol. The highest BCUT2D eigenvalue weighted by molar-refractivity contribution is 7.30. The fraction of sp³-hybridized carbons (Fsp3) is 0.333. The molecular weight excluding hydrogens is 463 g/mol. The van der Waals surface area contributed by atoms with Crippen molar-refractivity contribution in [2.45, 2.75) is 18.8 Å². The summed E-state index contributed by atoms with van der Waals surface area (Å²) in [4.78, 5) is 15.5. The first-order valence-corrected chi connectivity index (χ1v) is 12.9. The van der Waals surface area contributed by atoms with E-state index in [0.717, 1.165) is 26.2 Å². The van der Waals surface area contributed by atoms with E-state index in [-0.39, 0.29) is 19.3 Å². The Kier molecular flexibility index (Phi) is 9.37. The van der Waals surface area contributed by atoms with E-state index in [1.165, 1.54) is 11.1 Å². The van der Waals surface area contributed by atoms with E-state index >= 15 is 0 Å². The van der Waals surface area contributed by atoms with Gasteiger partial charge in [-0.3, -0.25) is 9.80 Å². The predicted molar refractivity (Wildman–Crippen MR) is 133 cm³/mol. The smallest absolute Gasteiger partial charge is 0.488 e. The number of hydrogen-bond acceptors (Lipinski definition) is 7. The van der Waals surface area contributed by atoms with Gasteiger partial charge < -0.3 is 14.7 Å². The lowest BCUT2D eigenvalue weighted by atomic mass is 9.96. The van der Waals surface area contributed by atoms with Crippen molar-refractivity contribution in [3.8, 4) is 5.75 Å². The van der Waals surface area contributed by atoms with Gasteiger partial charge in [0.25, 0.3) is 0 Å². The number of piperazine rings is 1. The van der Waals surface area contributed by atoms with E-state index in [1.54, 1.807) is 24.3 Å². The molecule has 1 saturated heterocycles. The zero-order valence-corrected chi connectivity index (χ0v) is 20.5. The van der Waals surface area contributed by atoms with Crippen molar-refractivity contribution < 1.29 is 23.8 Å². The van der Waals surface area contributed by atoms with Crippen molar-refractivity contribution in [2.24, 2.45) is 0 Å². The number of nitrogens with zero attached hydrogens (tertiary/aromatic N) is 2. The highest BCUT2D eigenvalue weighted by atomic mass is 31.1. The van der Waals surface area contributed by atoms with Crippen molar-refractivity contribution in [1.82, 2.24) is 9.80 Å². The lowest BCUT2D eigenvalue weighted by Gasteiger charge is -2.40. The standard InChI is InChI=1S/C27H31N2O5P/c30-25(21-33-26-14-8-7-13-24(26)20-34-35(31)32)19-28-15-17-29(18-16-28)27(22-9-3-1-4-10-22)23-11-5-2-6-12-23/h1-14,25,27,30H,15-21H2. The van der Waals surface area contributed by atoms with Gasteiger partial charge in [-0.25, -0.2) is 0 Å². The van der Waals surface area contributed by atoms with Gasteiger partial charge in [0.1, 0.15) is 25.1 Å². The first-order chi connectivity index (χ1) is 17.1. The Bertz CT molecular complexity index is 1020. The molecule has 1 N–H and O–H groups in total. The highest BCUT2D eigenvalue weighted by Gasteiger charge is 2.27. The first-order valence-electron chi connectivity index (χ1n) is 11.8. The second-order valence-corrected chi connectivity index (χ2v) is 9.34. The van der Waals surface area contributed by atoms with E-state index < -0.39 is 14.4 Å². The highest BCUT2D eigenvalue weighted by Crippen LogP contribution is 2.29. The molecule has 1 aliphatic heterocycles. The molecule has 2 atom stereocenters. The van der Waals surface area contributed by atoms with E-state index in [0.29, 0.717) is 17.9 Å². The summed E-state index contributed by atoms with van der Waals surface area (Å²) in [6.45, 7) is 4.06. The second kappa shape index (κ2) is 12.9. The number of para-hydroxylation sites is 1. The lowest BCUT2D eigenvalue weighted by Crippen LogP contribution is -2.50. The summed E-state index contributed by atoms with van der Waals surface area (Å²) in [6, 6.07) is 28.5. The summed E-state index contributed by atoms with van der Waals surface area (Å²) >= 11 is 0. The molecule has 2 unspecified atom stereocenters. The maximum Gasteiger partial charge on any atom is 0.488 e. The van der Waals surface area contributed by atoms with Crippen LogP contribution >= 0.6 is 8.25 Å². The lowest BCUT2D eigenvalue weighted by molar-refractivity contribution is -0.186. The number of β-amino-alcohol motifs (C(OH)–C–C–N with tert-alkyl or cyclic N) is 1. The van der Waals surface area contributed by atoms with Crippen LogP contribution in [0.3, 0.4) is 0 Å². The van der Waals surface area contributed by atoms with Crippen molar-refractivity contribution in [3.05, 3.63) is 102 Å². The van der Waals surface area contributed by atoms with Gasteiger partial charge in [0, 0.05) is 38.3 Å². The molecule has 35 heavy (non-hydrogen) atoms. The number of hydrogen-bond donors (Lipinski definition) is 1. The van der Waals surface area contributed by atoms with Crippen molar-refractivity contribution in [2.75, 3.05) is 39.3 Å². The molecule has 0 saturated carbocycles. The minimum absolute atomic E-state index is 0.0864. The molecule has 1 heterocycles. The molecule has 3 aromatic carbocycles. The Balaban J connectivity index is 1.30. The molecule has 0 aromatic heterocycles. The van der Waals surface area contributed by atoms with E-state index in [1.807, 2.05) is 12.1 Å². The molecule has 4 rings (SSSR count). The third-order valence-corrected chi connectivity index (χ3v) is 6.54. The van der Waals surface area contributed by atoms with E-state index in [2.05, 4.69) is 62.9 Å². The van der Waals surface area contributed by atoms with Gasteiger partial charge in [-0.15, -0.1) is 4.52 Å². The molecule has 0 aliphatic carbocycles. The zero-order valence-electron chi connectivity index (χ0n) is 19.6. The quantitative estimate of drug-likeness (QED) is 0.409. The largest absolute Gasteiger partial charge is 0.566 e. The Hall–Kier alpha value is -2.64. The summed E-state index contributed by atoms with van der Waals surface area (Å²) in [5, 5.41) is 10.6. The number of benzene rings is 3. The third kappa shape index (κ3) is 7.42. The van der Waals surface area contributed by atoms with E-state index in [4.69, 9.17) is 4.74 Å². The van der Waals surface area contributed by atoms with Crippen LogP contribution < -0.4 is 9.63 Å². The third-order valence-electron chi connectivity index (χ3n) is 6.20. The number of aliphatic hydroxyl groups is 1. The van der Waals surface area contributed by atoms with Crippen LogP contribution in [0, 0.1) is 0 Å². The first kappa shape index (κ1) is 25.5. The van der Waals surface area contributed by atoms with Crippen molar-refractivity contribution >= 4 is 8.25 Å². The van der Waals surface area contributed by atoms with Crippen LogP contribution in [0.4, 0.5) is 0 Å². The van der Waals surface area contributed by atoms with Crippen LogP contribution in [-0.2, 0) is 15.7 Å². The van der Waals surface area contributed by atoms with Gasteiger partial charge in [-0.1, -0.05) is 78.9 Å². The van der Waals surface area contributed by atoms with Crippen molar-refractivity contribution in [1.29, 1.82) is 0 Å². The monoisotopic (exact) mass is 494 g/mol. The van der Waals surface area contributed by atoms with Gasteiger partial charge in [0.2, 0.25) is 0 Å². The minimum atomic E-state index is -2.92. The molecule has 0 radical (unpaired) electrons. The topological polar surface area (TPSA) is 85.3 Å². The Morgan fingerprint density at radius 3 is 2.03 bits per heavy atom. The van der Waals surface area contributed by atoms with Crippen LogP contribution in [-0.4, -0.2) is 60.3 Å². The summed E-state index contributed by atoms with van der Waals surface area (Å²) in [6.07, 6.45) is -0.661. The fourth-order valence-electron chi connectivity index (χ4n) is 4.51. The van der Waals surface area contributed by atoms with Gasteiger partial charge >= 0.3 is 8.25 Å². The number of rotatable bonds is 11. The van der Waals surface area contributed by atoms with Crippen LogP contribution in [0.1, 0.15) is 22.7 Å². The number of ether oxygens (including phenoxy) is 1. The normalized spacial score (nSPS) is 16.3. The fourth-order valence-corrected chi connectivity index (χ4v) is 4.76. The zero-order chi connectivity index (χ0) is 24.5. The Morgan fingerprint density at radius 2 is 1.43 bits per heavy atom. The summed E-state index contributed by atoms with van der Waals surface area (Å²) in [5.41, 5.74) is 3.19. The molecule has 184 valence electrons. The van der Waals surface area contributed by atoms with Gasteiger partial charge in [-0.2, -0.15) is 0 Å². The molecule has 3 aromatic rings.